The van der Waals surface area contributed by atoms with Crippen LogP contribution in [-0.2, 0) is 39.4 Å². The third-order valence-electron chi connectivity index (χ3n) is 7.52. The van der Waals surface area contributed by atoms with Crippen LogP contribution in [0.1, 0.15) is 42.5 Å². The lowest BCUT2D eigenvalue weighted by Gasteiger charge is -2.41. The van der Waals surface area contributed by atoms with Crippen LogP contribution in [0.15, 0.2) is 84.9 Å². The number of fused-ring (bicyclic) bond motifs is 3. The molecular weight excluding hydrogens is 410 g/mol. The maximum Gasteiger partial charge on any atom is 0.314 e. The van der Waals surface area contributed by atoms with Crippen LogP contribution in [0.2, 0.25) is 0 Å². The van der Waals surface area contributed by atoms with Crippen LogP contribution in [0.25, 0.3) is 0 Å². The summed E-state index contributed by atoms with van der Waals surface area (Å²) in [6.45, 7) is 4.89. The predicted molar refractivity (Wildman–Crippen MR) is 128 cm³/mol. The molecule has 0 bridgehead atoms. The lowest BCUT2D eigenvalue weighted by molar-refractivity contribution is -0.246. The molecule has 1 heterocycles. The molecule has 33 heavy (non-hydrogen) atoms. The molecule has 1 fully saturated rings. The van der Waals surface area contributed by atoms with Gasteiger partial charge < -0.3 is 4.74 Å². The van der Waals surface area contributed by atoms with E-state index in [1.807, 2.05) is 31.2 Å². The number of nitrogens with zero attached hydrogens (tertiary/aromatic N) is 1. The van der Waals surface area contributed by atoms with Crippen molar-refractivity contribution in [2.45, 2.75) is 51.3 Å². The molecule has 1 unspecified atom stereocenters. The maximum absolute atomic E-state index is 13.6. The maximum atomic E-state index is 13.6. The van der Waals surface area contributed by atoms with E-state index in [-0.39, 0.29) is 12.0 Å². The minimum Gasteiger partial charge on any atom is -0.465 e. The highest BCUT2D eigenvalue weighted by Gasteiger charge is 2.69. The third kappa shape index (κ3) is 3.58. The Morgan fingerprint density at radius 3 is 2.27 bits per heavy atom. The second kappa shape index (κ2) is 8.77. The fourth-order valence-corrected chi connectivity index (χ4v) is 5.97. The minimum atomic E-state index is -0.678. The summed E-state index contributed by atoms with van der Waals surface area (Å²) in [6, 6.07) is 29.2. The average molecular weight is 442 g/mol. The molecule has 0 spiro atoms. The highest BCUT2D eigenvalue weighted by Crippen LogP contribution is 2.62. The van der Waals surface area contributed by atoms with Crippen LogP contribution in [0.3, 0.4) is 0 Å². The van der Waals surface area contributed by atoms with Gasteiger partial charge in [-0.1, -0.05) is 84.9 Å². The quantitative estimate of drug-likeness (QED) is 0.457. The zero-order valence-corrected chi connectivity index (χ0v) is 19.4. The molecule has 0 saturated carbocycles. The number of hydrogen-bond acceptors (Lipinski definition) is 4. The van der Waals surface area contributed by atoms with Gasteiger partial charge in [0, 0.05) is 6.04 Å². The lowest BCUT2D eigenvalue weighted by atomic mass is 9.71. The van der Waals surface area contributed by atoms with E-state index in [1.165, 1.54) is 16.7 Å². The van der Waals surface area contributed by atoms with Crippen molar-refractivity contribution >= 4 is 5.97 Å². The number of esters is 1. The van der Waals surface area contributed by atoms with E-state index in [1.54, 1.807) is 0 Å². The zero-order chi connectivity index (χ0) is 22.9. The van der Waals surface area contributed by atoms with Gasteiger partial charge in [0.2, 0.25) is 0 Å². The van der Waals surface area contributed by atoms with Crippen molar-refractivity contribution in [1.82, 2.24) is 5.06 Å². The van der Waals surface area contributed by atoms with E-state index in [2.05, 4.69) is 72.7 Å². The molecule has 1 aliphatic heterocycles. The standard InChI is InChI=1S/C29H31NO3/c1-3-32-27(31)29-19-24-16-10-11-17-26(24)28(29,2)30(33-21-23-14-8-5-9-15-23)25(20-29)18-22-12-6-4-7-13-22/h4-17,25H,3,18-21H2,1-2H3/t25?,28-,29-/m0/s1. The summed E-state index contributed by atoms with van der Waals surface area (Å²) in [5, 5.41) is 2.13. The van der Waals surface area contributed by atoms with Gasteiger partial charge in [-0.25, -0.2) is 0 Å². The van der Waals surface area contributed by atoms with Crippen molar-refractivity contribution < 1.29 is 14.4 Å². The number of hydrogen-bond donors (Lipinski definition) is 0. The van der Waals surface area contributed by atoms with Gasteiger partial charge in [0.05, 0.1) is 24.2 Å². The Balaban J connectivity index is 1.58. The zero-order valence-electron chi connectivity index (χ0n) is 19.4. The molecule has 5 rings (SSSR count). The van der Waals surface area contributed by atoms with Crippen LogP contribution in [-0.4, -0.2) is 23.7 Å². The molecule has 0 aromatic heterocycles. The Morgan fingerprint density at radius 2 is 1.58 bits per heavy atom. The Labute approximate surface area is 196 Å². The van der Waals surface area contributed by atoms with Gasteiger partial charge in [0.1, 0.15) is 0 Å². The second-order valence-electron chi connectivity index (χ2n) is 9.34. The Hall–Kier alpha value is -2.95. The van der Waals surface area contributed by atoms with Crippen molar-refractivity contribution in [2.75, 3.05) is 6.61 Å². The minimum absolute atomic E-state index is 0.0545. The normalized spacial score (nSPS) is 26.1. The van der Waals surface area contributed by atoms with Gasteiger partial charge in [-0.3, -0.25) is 9.63 Å². The largest absolute Gasteiger partial charge is 0.465 e. The molecular formula is C29H31NO3. The summed E-state index contributed by atoms with van der Waals surface area (Å²) >= 11 is 0. The van der Waals surface area contributed by atoms with Crippen LogP contribution in [0, 0.1) is 5.41 Å². The van der Waals surface area contributed by atoms with Crippen molar-refractivity contribution in [1.29, 1.82) is 0 Å². The Bertz CT molecular complexity index is 1120. The van der Waals surface area contributed by atoms with Crippen LogP contribution >= 0.6 is 0 Å². The molecule has 0 N–H and O–H groups in total. The molecule has 1 saturated heterocycles. The predicted octanol–water partition coefficient (Wildman–Crippen LogP) is 5.46. The van der Waals surface area contributed by atoms with Crippen LogP contribution in [0.4, 0.5) is 0 Å². The molecule has 170 valence electrons. The van der Waals surface area contributed by atoms with Gasteiger partial charge in [0.15, 0.2) is 0 Å². The van der Waals surface area contributed by atoms with Gasteiger partial charge in [-0.15, -0.1) is 0 Å². The smallest absolute Gasteiger partial charge is 0.314 e. The van der Waals surface area contributed by atoms with Crippen molar-refractivity contribution in [2.24, 2.45) is 5.41 Å². The Kier molecular flexibility index (Phi) is 5.81. The van der Waals surface area contributed by atoms with Crippen molar-refractivity contribution in [3.8, 4) is 0 Å². The first kappa shape index (κ1) is 21.9. The average Bonchev–Trinajstić information content (AvgIpc) is 3.23. The number of carbonyl (C=O) groups is 1. The first-order valence-electron chi connectivity index (χ1n) is 11.8. The Morgan fingerprint density at radius 1 is 0.939 bits per heavy atom. The molecule has 4 heteroatoms. The van der Waals surface area contributed by atoms with E-state index in [0.29, 0.717) is 26.1 Å². The number of benzene rings is 3. The fourth-order valence-electron chi connectivity index (χ4n) is 5.97. The van der Waals surface area contributed by atoms with Gasteiger partial charge in [-0.05, 0) is 55.4 Å². The molecule has 3 aromatic rings. The number of hydroxylamine groups is 2. The number of ether oxygens (including phenoxy) is 1. The summed E-state index contributed by atoms with van der Waals surface area (Å²) in [5.41, 5.74) is 3.44. The SMILES string of the molecule is CCOC(=O)[C@@]12Cc3ccccc3[C@]1(C)N(OCc1ccccc1)C(Cc1ccccc1)C2. The molecule has 1 aliphatic carbocycles. The molecule has 2 aliphatic rings. The van der Waals surface area contributed by atoms with E-state index < -0.39 is 11.0 Å². The van der Waals surface area contributed by atoms with E-state index in [9.17, 15) is 4.79 Å². The highest BCUT2D eigenvalue weighted by atomic mass is 16.7. The van der Waals surface area contributed by atoms with Crippen LogP contribution in [0.5, 0.6) is 0 Å². The molecule has 0 radical (unpaired) electrons. The van der Waals surface area contributed by atoms with Crippen molar-refractivity contribution in [3.63, 3.8) is 0 Å². The monoisotopic (exact) mass is 441 g/mol. The topological polar surface area (TPSA) is 38.8 Å². The van der Waals surface area contributed by atoms with Gasteiger partial charge in [0.25, 0.3) is 0 Å². The fraction of sp³-hybridized carbons (Fsp3) is 0.345. The summed E-state index contributed by atoms with van der Waals surface area (Å²) in [6.07, 6.45) is 2.18. The van der Waals surface area contributed by atoms with E-state index >= 15 is 0 Å². The van der Waals surface area contributed by atoms with Gasteiger partial charge in [-0.2, -0.15) is 5.06 Å². The first-order valence-corrected chi connectivity index (χ1v) is 11.8. The number of rotatable bonds is 7. The summed E-state index contributed by atoms with van der Waals surface area (Å²) < 4.78 is 5.72. The lowest BCUT2D eigenvalue weighted by Crippen LogP contribution is -2.51. The van der Waals surface area contributed by atoms with Crippen molar-refractivity contribution in [3.05, 3.63) is 107 Å². The molecule has 0 amide bonds. The van der Waals surface area contributed by atoms with E-state index in [0.717, 1.165) is 12.0 Å². The van der Waals surface area contributed by atoms with Gasteiger partial charge >= 0.3 is 5.97 Å². The second-order valence-corrected chi connectivity index (χ2v) is 9.34. The molecule has 4 nitrogen and oxygen atoms in total. The number of carbonyl (C=O) groups excluding carboxylic acids is 1. The molecule has 3 atom stereocenters. The molecule has 3 aromatic carbocycles. The first-order chi connectivity index (χ1) is 16.1. The van der Waals surface area contributed by atoms with Crippen LogP contribution < -0.4 is 0 Å². The highest BCUT2D eigenvalue weighted by molar-refractivity contribution is 5.82. The summed E-state index contributed by atoms with van der Waals surface area (Å²) in [5.74, 6) is -0.118. The van der Waals surface area contributed by atoms with E-state index in [4.69, 9.17) is 9.57 Å². The third-order valence-corrected chi connectivity index (χ3v) is 7.52. The summed E-state index contributed by atoms with van der Waals surface area (Å²) in [7, 11) is 0. The summed E-state index contributed by atoms with van der Waals surface area (Å²) in [4.78, 5) is 20.3.